The van der Waals surface area contributed by atoms with Crippen LogP contribution in [0.2, 0.25) is 0 Å². The van der Waals surface area contributed by atoms with Crippen molar-refractivity contribution in [3.05, 3.63) is 30.1 Å². The van der Waals surface area contributed by atoms with E-state index in [1.807, 2.05) is 18.2 Å². The molecule has 0 radical (unpaired) electrons. The highest BCUT2D eigenvalue weighted by atomic mass is 16.7. The van der Waals surface area contributed by atoms with Crippen LogP contribution in [0.1, 0.15) is 24.8 Å². The van der Waals surface area contributed by atoms with Crippen molar-refractivity contribution in [3.8, 4) is 23.0 Å². The van der Waals surface area contributed by atoms with E-state index < -0.39 is 0 Å². The van der Waals surface area contributed by atoms with Crippen molar-refractivity contribution in [1.82, 2.24) is 14.9 Å². The molecule has 2 aromatic carbocycles. The summed E-state index contributed by atoms with van der Waals surface area (Å²) in [4.78, 5) is 11.2. The molecule has 3 N–H and O–H groups in total. The minimum Gasteiger partial charge on any atom is -0.493 e. The Kier molecular flexibility index (Phi) is 5.48. The van der Waals surface area contributed by atoms with Crippen LogP contribution in [0, 0.1) is 0 Å². The number of nitrogens with zero attached hydrogens (tertiary/aromatic N) is 3. The number of rotatable bonds is 1. The Morgan fingerprint density at radius 2 is 1.94 bits per heavy atom. The average molecular weight is 438 g/mol. The van der Waals surface area contributed by atoms with Crippen LogP contribution in [-0.4, -0.2) is 49.0 Å². The normalized spacial score (nSPS) is 16.6. The number of hydrogen-bond acceptors (Lipinski definition) is 9. The average Bonchev–Trinajstić information content (AvgIpc) is 3.28. The Morgan fingerprint density at radius 3 is 2.81 bits per heavy atom. The molecule has 0 fully saturated rings. The van der Waals surface area contributed by atoms with Crippen molar-refractivity contribution >= 4 is 28.1 Å². The molecule has 168 valence electrons. The lowest BCUT2D eigenvalue weighted by Crippen LogP contribution is -2.20. The minimum atomic E-state index is 0.132. The van der Waals surface area contributed by atoms with Gasteiger partial charge in [-0.1, -0.05) is 0 Å². The van der Waals surface area contributed by atoms with Gasteiger partial charge >= 0.3 is 0 Å². The lowest BCUT2D eigenvalue weighted by atomic mass is 10.1. The van der Waals surface area contributed by atoms with Crippen LogP contribution in [0.3, 0.4) is 0 Å². The Labute approximate surface area is 186 Å². The highest BCUT2D eigenvalue weighted by molar-refractivity contribution is 5.94. The topological polar surface area (TPSA) is 104 Å². The molecule has 2 aliphatic rings. The van der Waals surface area contributed by atoms with E-state index in [9.17, 15) is 0 Å². The molecule has 0 spiro atoms. The summed E-state index contributed by atoms with van der Waals surface area (Å²) in [5, 5.41) is 4.30. The molecule has 9 nitrogen and oxygen atoms in total. The number of hydrogen-bond donors (Lipinski definition) is 2. The molecular weight excluding hydrogens is 410 g/mol. The zero-order valence-corrected chi connectivity index (χ0v) is 18.3. The molecular formula is C23H27N5O4. The fraction of sp³-hybridized carbons (Fsp3) is 0.391. The molecule has 32 heavy (non-hydrogen) atoms. The van der Waals surface area contributed by atoms with Gasteiger partial charge in [0.25, 0.3) is 0 Å². The van der Waals surface area contributed by atoms with Gasteiger partial charge in [-0.05, 0) is 50.6 Å². The number of nitrogens with one attached hydrogen (secondary N) is 1. The van der Waals surface area contributed by atoms with Crippen molar-refractivity contribution in [2.24, 2.45) is 0 Å². The largest absolute Gasteiger partial charge is 0.493 e. The molecule has 0 saturated heterocycles. The van der Waals surface area contributed by atoms with Crippen LogP contribution >= 0.6 is 0 Å². The molecule has 2 bridgehead atoms. The number of nitrogen functional groups attached to an aromatic ring is 1. The standard InChI is InChI=1S/C23H27N5O4/c1-28-6-4-3-5-7-30-19-9-15-17(10-18(19)29-2)25-12-26-23(15)27-20-14(11-28)8-16(24)21-22(20)32-13-31-21/h8-10,12H,3-7,11,13,24H2,1-2H3,(H,25,26,27). The fourth-order valence-electron chi connectivity index (χ4n) is 4.18. The molecule has 0 unspecified atom stereocenters. The molecule has 2 aliphatic heterocycles. The van der Waals surface area contributed by atoms with Gasteiger partial charge in [-0.2, -0.15) is 0 Å². The second kappa shape index (κ2) is 8.58. The Balaban J connectivity index is 1.67. The lowest BCUT2D eigenvalue weighted by Gasteiger charge is -2.21. The van der Waals surface area contributed by atoms with Crippen LogP contribution in [-0.2, 0) is 6.54 Å². The second-order valence-electron chi connectivity index (χ2n) is 8.08. The van der Waals surface area contributed by atoms with E-state index in [0.717, 1.165) is 48.0 Å². The van der Waals surface area contributed by atoms with Crippen LogP contribution in [0.4, 0.5) is 17.2 Å². The summed E-state index contributed by atoms with van der Waals surface area (Å²) in [7, 11) is 3.74. The summed E-state index contributed by atoms with van der Waals surface area (Å²) < 4.78 is 23.1. The summed E-state index contributed by atoms with van der Waals surface area (Å²) in [5.41, 5.74) is 9.40. The van der Waals surface area contributed by atoms with E-state index in [4.69, 9.17) is 24.7 Å². The van der Waals surface area contributed by atoms with Gasteiger partial charge in [0.2, 0.25) is 6.79 Å². The highest BCUT2D eigenvalue weighted by Gasteiger charge is 2.26. The second-order valence-corrected chi connectivity index (χ2v) is 8.08. The van der Waals surface area contributed by atoms with Gasteiger partial charge in [-0.3, -0.25) is 0 Å². The summed E-state index contributed by atoms with van der Waals surface area (Å²) >= 11 is 0. The van der Waals surface area contributed by atoms with Crippen LogP contribution in [0.25, 0.3) is 10.9 Å². The summed E-state index contributed by atoms with van der Waals surface area (Å²) in [6.07, 6.45) is 4.64. The van der Waals surface area contributed by atoms with Crippen LogP contribution in [0.15, 0.2) is 24.5 Å². The molecule has 0 aliphatic carbocycles. The quantitative estimate of drug-likeness (QED) is 0.552. The zero-order chi connectivity index (χ0) is 22.1. The Morgan fingerprint density at radius 1 is 1.06 bits per heavy atom. The minimum absolute atomic E-state index is 0.132. The molecule has 3 aromatic rings. The maximum Gasteiger partial charge on any atom is 0.231 e. The number of anilines is 3. The first-order chi connectivity index (χ1) is 15.6. The summed E-state index contributed by atoms with van der Waals surface area (Å²) in [5.74, 6) is 3.13. The van der Waals surface area contributed by atoms with E-state index in [0.29, 0.717) is 47.7 Å². The maximum absolute atomic E-state index is 6.28. The first-order valence-corrected chi connectivity index (χ1v) is 10.8. The zero-order valence-electron chi connectivity index (χ0n) is 18.3. The molecule has 5 rings (SSSR count). The predicted molar refractivity (Wildman–Crippen MR) is 122 cm³/mol. The third-order valence-electron chi connectivity index (χ3n) is 5.80. The number of fused-ring (bicyclic) bond motifs is 4. The van der Waals surface area contributed by atoms with E-state index in [1.54, 1.807) is 7.11 Å². The lowest BCUT2D eigenvalue weighted by molar-refractivity contribution is 0.174. The molecule has 9 heteroatoms. The number of benzene rings is 2. The monoisotopic (exact) mass is 437 g/mol. The van der Waals surface area contributed by atoms with Gasteiger partial charge in [0.15, 0.2) is 23.0 Å². The molecule has 0 atom stereocenters. The summed E-state index contributed by atoms with van der Waals surface area (Å²) in [6.45, 7) is 2.43. The third-order valence-corrected chi connectivity index (χ3v) is 5.80. The van der Waals surface area contributed by atoms with Gasteiger partial charge in [0, 0.05) is 18.0 Å². The van der Waals surface area contributed by atoms with E-state index in [1.165, 1.54) is 6.33 Å². The van der Waals surface area contributed by atoms with Crippen molar-refractivity contribution in [2.75, 3.05) is 45.2 Å². The smallest absolute Gasteiger partial charge is 0.231 e. The van der Waals surface area contributed by atoms with Gasteiger partial charge < -0.3 is 34.9 Å². The molecule has 0 amide bonds. The SMILES string of the molecule is COc1cc2ncnc3c2cc1OCCCCCN(C)Cc1cc(N)c2c(c1N3)OCO2. The highest BCUT2D eigenvalue weighted by Crippen LogP contribution is 2.47. The fourth-order valence-corrected chi connectivity index (χ4v) is 4.18. The third kappa shape index (κ3) is 3.80. The molecule has 1 aromatic heterocycles. The maximum atomic E-state index is 6.28. The first kappa shape index (κ1) is 20.4. The van der Waals surface area contributed by atoms with Crippen LogP contribution < -0.4 is 30.0 Å². The number of nitrogens with two attached hydrogens (primary N) is 1. The first-order valence-electron chi connectivity index (χ1n) is 10.8. The predicted octanol–water partition coefficient (Wildman–Crippen LogP) is 3.69. The number of aromatic nitrogens is 2. The van der Waals surface area contributed by atoms with Crippen molar-refractivity contribution in [1.29, 1.82) is 0 Å². The van der Waals surface area contributed by atoms with Gasteiger partial charge in [0.1, 0.15) is 12.1 Å². The van der Waals surface area contributed by atoms with Crippen molar-refractivity contribution < 1.29 is 18.9 Å². The van der Waals surface area contributed by atoms with Gasteiger partial charge in [-0.25, -0.2) is 9.97 Å². The Bertz CT molecular complexity index is 1150. The number of ether oxygens (including phenoxy) is 4. The number of methoxy groups -OCH3 is 1. The molecule has 0 saturated carbocycles. The van der Waals surface area contributed by atoms with Gasteiger partial charge in [0.05, 0.1) is 30.6 Å². The van der Waals surface area contributed by atoms with E-state index >= 15 is 0 Å². The Hall–Kier alpha value is -3.46. The van der Waals surface area contributed by atoms with Crippen molar-refractivity contribution in [2.45, 2.75) is 25.8 Å². The van der Waals surface area contributed by atoms with E-state index in [-0.39, 0.29) is 6.79 Å². The van der Waals surface area contributed by atoms with Gasteiger partial charge in [-0.15, -0.1) is 0 Å². The summed E-state index contributed by atoms with van der Waals surface area (Å²) in [6, 6.07) is 5.75. The van der Waals surface area contributed by atoms with E-state index in [2.05, 4.69) is 27.2 Å². The van der Waals surface area contributed by atoms with Crippen LogP contribution in [0.5, 0.6) is 23.0 Å². The van der Waals surface area contributed by atoms with Crippen molar-refractivity contribution in [3.63, 3.8) is 0 Å². The molecule has 3 heterocycles.